The van der Waals surface area contributed by atoms with Gasteiger partial charge >= 0.3 is 6.09 Å². The smallest absolute Gasteiger partial charge is 0.407 e. The third-order valence-electron chi connectivity index (χ3n) is 7.68. The van der Waals surface area contributed by atoms with Crippen molar-refractivity contribution in [3.63, 3.8) is 0 Å². The number of hydrogen-bond acceptors (Lipinski definition) is 7. The second-order valence-electron chi connectivity index (χ2n) is 11.4. The molecule has 2 aromatic rings. The number of ether oxygens (including phenoxy) is 1. The molecule has 1 aromatic heterocycles. The van der Waals surface area contributed by atoms with E-state index in [-0.39, 0.29) is 23.2 Å². The van der Waals surface area contributed by atoms with E-state index in [1.165, 1.54) is 14.2 Å². The van der Waals surface area contributed by atoms with Crippen molar-refractivity contribution in [1.29, 1.82) is 0 Å². The van der Waals surface area contributed by atoms with Crippen LogP contribution in [-0.4, -0.2) is 65.9 Å². The molecule has 2 aliphatic rings. The molecule has 4 rings (SSSR count). The first-order valence-electron chi connectivity index (χ1n) is 13.2. The van der Waals surface area contributed by atoms with Crippen LogP contribution in [0.1, 0.15) is 69.1 Å². The van der Waals surface area contributed by atoms with Crippen LogP contribution in [0.3, 0.4) is 0 Å². The zero-order chi connectivity index (χ0) is 28.5. The molecule has 0 bridgehead atoms. The van der Waals surface area contributed by atoms with Gasteiger partial charge in [0.15, 0.2) is 11.5 Å². The number of carbonyl (C=O) groups excluding carboxylic acids is 2. The van der Waals surface area contributed by atoms with Crippen LogP contribution in [0.25, 0.3) is 11.3 Å². The highest BCUT2D eigenvalue weighted by Crippen LogP contribution is 2.47. The van der Waals surface area contributed by atoms with Crippen LogP contribution in [0.5, 0.6) is 0 Å². The average molecular weight is 579 g/mol. The molecular formula is C28H37Cl2N5O4. The quantitative estimate of drug-likeness (QED) is 0.431. The number of halogens is 2. The average Bonchev–Trinajstić information content (AvgIpc) is 3.25. The summed E-state index contributed by atoms with van der Waals surface area (Å²) in [6, 6.07) is 5.35. The predicted octanol–water partition coefficient (Wildman–Crippen LogP) is 6.06. The molecule has 2 fully saturated rings. The van der Waals surface area contributed by atoms with E-state index in [0.29, 0.717) is 45.9 Å². The monoisotopic (exact) mass is 577 g/mol. The molecule has 1 aromatic carbocycles. The fourth-order valence-corrected chi connectivity index (χ4v) is 6.01. The van der Waals surface area contributed by atoms with Crippen LogP contribution < -0.4 is 10.2 Å². The lowest BCUT2D eigenvalue weighted by Gasteiger charge is -2.44. The number of piperidine rings is 1. The van der Waals surface area contributed by atoms with Crippen LogP contribution in [-0.2, 0) is 9.57 Å². The van der Waals surface area contributed by atoms with Crippen molar-refractivity contribution >= 4 is 41.0 Å². The Hall–Kier alpha value is -2.62. The minimum Gasteiger partial charge on any atom is -0.444 e. The van der Waals surface area contributed by atoms with Gasteiger partial charge < -0.3 is 15.0 Å². The summed E-state index contributed by atoms with van der Waals surface area (Å²) in [6.45, 7) is 8.79. The maximum atomic E-state index is 13.4. The summed E-state index contributed by atoms with van der Waals surface area (Å²) < 4.78 is 5.53. The highest BCUT2D eigenvalue weighted by Gasteiger charge is 2.46. The zero-order valence-corrected chi connectivity index (χ0v) is 24.9. The molecule has 11 heteroatoms. The molecule has 9 nitrogen and oxygen atoms in total. The number of carbonyl (C=O) groups is 2. The molecular weight excluding hydrogens is 541 g/mol. The van der Waals surface area contributed by atoms with E-state index in [1.807, 2.05) is 33.8 Å². The Morgan fingerprint density at radius 3 is 2.49 bits per heavy atom. The number of nitrogens with one attached hydrogen (secondary N) is 1. The summed E-state index contributed by atoms with van der Waals surface area (Å²) in [7, 11) is 2.97. The van der Waals surface area contributed by atoms with Crippen LogP contribution in [0.15, 0.2) is 18.2 Å². The van der Waals surface area contributed by atoms with E-state index in [9.17, 15) is 9.59 Å². The number of benzene rings is 1. The number of nitrogens with zero attached hydrogens (tertiary/aromatic N) is 4. The fraction of sp³-hybridized carbons (Fsp3) is 0.571. The summed E-state index contributed by atoms with van der Waals surface area (Å²) in [6.07, 6.45) is 4.35. The van der Waals surface area contributed by atoms with Gasteiger partial charge in [-0.25, -0.2) is 19.8 Å². The van der Waals surface area contributed by atoms with Crippen molar-refractivity contribution in [2.24, 2.45) is 5.41 Å². The first kappa shape index (κ1) is 29.4. The van der Waals surface area contributed by atoms with Gasteiger partial charge in [-0.1, -0.05) is 41.8 Å². The number of rotatable bonds is 5. The summed E-state index contributed by atoms with van der Waals surface area (Å²) in [4.78, 5) is 42.9. The standard InChI is InChI=1S/C28H37Cl2N5O4/c1-17-22(18-9-7-10-19(29)21(18)30)33-23(25(36)34(5)38-6)24(31-17)35-15-13-28(14-16-35)12-8-11-20(28)32-26(37)39-27(2,3)4/h7,9-10,20H,8,11-16H2,1-6H3,(H,32,37)/t20-/m1/s1. The molecule has 2 amide bonds. The Labute approximate surface area is 240 Å². The van der Waals surface area contributed by atoms with Gasteiger partial charge in [-0.3, -0.25) is 9.63 Å². The van der Waals surface area contributed by atoms with E-state index in [4.69, 9.17) is 42.7 Å². The number of hydrogen-bond donors (Lipinski definition) is 1. The van der Waals surface area contributed by atoms with Crippen LogP contribution >= 0.6 is 23.2 Å². The fourth-order valence-electron chi connectivity index (χ4n) is 5.62. The Kier molecular flexibility index (Phi) is 8.64. The number of alkyl carbamates (subject to hydrolysis) is 1. The van der Waals surface area contributed by atoms with E-state index in [2.05, 4.69) is 10.2 Å². The van der Waals surface area contributed by atoms with Crippen molar-refractivity contribution < 1.29 is 19.2 Å². The third kappa shape index (κ3) is 6.26. The normalized spacial score (nSPS) is 18.8. The lowest BCUT2D eigenvalue weighted by atomic mass is 9.74. The minimum absolute atomic E-state index is 0.0162. The second kappa shape index (κ2) is 11.5. The molecule has 1 atom stereocenters. The Morgan fingerprint density at radius 2 is 1.85 bits per heavy atom. The SMILES string of the molecule is CON(C)C(=O)c1nc(-c2cccc(Cl)c2Cl)c(C)nc1N1CCC2(CCC[C@H]2NC(=O)OC(C)(C)C)CC1. The highest BCUT2D eigenvalue weighted by atomic mass is 35.5. The predicted molar refractivity (Wildman–Crippen MR) is 152 cm³/mol. The minimum atomic E-state index is -0.546. The zero-order valence-electron chi connectivity index (χ0n) is 23.4. The lowest BCUT2D eigenvalue weighted by Crippen LogP contribution is -2.51. The molecule has 39 heavy (non-hydrogen) atoms. The molecule has 1 saturated carbocycles. The molecule has 212 valence electrons. The summed E-state index contributed by atoms with van der Waals surface area (Å²) in [5, 5.41) is 5.02. The van der Waals surface area contributed by atoms with Crippen LogP contribution in [0, 0.1) is 12.3 Å². The van der Waals surface area contributed by atoms with Crippen molar-refractivity contribution in [2.75, 3.05) is 32.1 Å². The van der Waals surface area contributed by atoms with E-state index < -0.39 is 11.5 Å². The van der Waals surface area contributed by atoms with Crippen molar-refractivity contribution in [3.8, 4) is 11.3 Å². The van der Waals surface area contributed by atoms with Gasteiger partial charge in [0.2, 0.25) is 0 Å². The second-order valence-corrected chi connectivity index (χ2v) is 12.1. The van der Waals surface area contributed by atoms with E-state index in [1.54, 1.807) is 12.1 Å². The number of amides is 2. The third-order valence-corrected chi connectivity index (χ3v) is 8.50. The van der Waals surface area contributed by atoms with Crippen molar-refractivity contribution in [2.45, 2.75) is 71.4 Å². The highest BCUT2D eigenvalue weighted by molar-refractivity contribution is 6.43. The number of hydroxylamine groups is 2. The molecule has 1 aliphatic heterocycles. The Morgan fingerprint density at radius 1 is 1.15 bits per heavy atom. The molecule has 0 radical (unpaired) electrons. The largest absolute Gasteiger partial charge is 0.444 e. The molecule has 1 saturated heterocycles. The maximum Gasteiger partial charge on any atom is 0.407 e. The van der Waals surface area contributed by atoms with E-state index >= 15 is 0 Å². The maximum absolute atomic E-state index is 13.4. The number of anilines is 1. The molecule has 2 heterocycles. The van der Waals surface area contributed by atoms with Gasteiger partial charge in [0, 0.05) is 31.7 Å². The molecule has 1 N–H and O–H groups in total. The molecule has 0 unspecified atom stereocenters. The summed E-state index contributed by atoms with van der Waals surface area (Å²) in [5.74, 6) is 0.0952. The Balaban J connectivity index is 1.62. The lowest BCUT2D eigenvalue weighted by molar-refractivity contribution is -0.0760. The van der Waals surface area contributed by atoms with Gasteiger partial charge in [0.1, 0.15) is 5.60 Å². The number of aromatic nitrogens is 2. The van der Waals surface area contributed by atoms with Crippen molar-refractivity contribution in [3.05, 3.63) is 39.6 Å². The van der Waals surface area contributed by atoms with Crippen LogP contribution in [0.4, 0.5) is 10.6 Å². The summed E-state index contributed by atoms with van der Waals surface area (Å²) >= 11 is 12.8. The van der Waals surface area contributed by atoms with Crippen molar-refractivity contribution in [1.82, 2.24) is 20.3 Å². The Bertz CT molecular complexity index is 1240. The van der Waals surface area contributed by atoms with Gasteiger partial charge in [0.25, 0.3) is 5.91 Å². The van der Waals surface area contributed by atoms with Gasteiger partial charge in [-0.05, 0) is 64.9 Å². The topological polar surface area (TPSA) is 96.9 Å². The van der Waals surface area contributed by atoms with Gasteiger partial charge in [0.05, 0.1) is 28.5 Å². The molecule has 1 spiro atoms. The van der Waals surface area contributed by atoms with E-state index in [0.717, 1.165) is 37.2 Å². The van der Waals surface area contributed by atoms with Gasteiger partial charge in [-0.15, -0.1) is 0 Å². The number of aryl methyl sites for hydroxylation is 1. The van der Waals surface area contributed by atoms with Crippen LogP contribution in [0.2, 0.25) is 10.0 Å². The first-order chi connectivity index (χ1) is 18.3. The summed E-state index contributed by atoms with van der Waals surface area (Å²) in [5.41, 5.74) is 1.35. The van der Waals surface area contributed by atoms with Gasteiger partial charge in [-0.2, -0.15) is 0 Å². The molecule has 1 aliphatic carbocycles. The first-order valence-corrected chi connectivity index (χ1v) is 14.0.